The second kappa shape index (κ2) is 10.8. The van der Waals surface area contributed by atoms with E-state index >= 15 is 0 Å². The molecule has 4 rings (SSSR count). The highest BCUT2D eigenvalue weighted by molar-refractivity contribution is 9.10. The number of carbonyl (C=O) groups is 2. The summed E-state index contributed by atoms with van der Waals surface area (Å²) in [5.41, 5.74) is 3.08. The Morgan fingerprint density at radius 3 is 2.65 bits per heavy atom. The first-order chi connectivity index (χ1) is 16.4. The van der Waals surface area contributed by atoms with Crippen LogP contribution in [-0.2, 0) is 4.79 Å². The number of nitrogens with zero attached hydrogens (tertiary/aromatic N) is 1. The van der Waals surface area contributed by atoms with E-state index < -0.39 is 18.0 Å². The highest BCUT2D eigenvalue weighted by Gasteiger charge is 2.19. The molecule has 0 bridgehead atoms. The Hall–Kier alpha value is -3.20. The Balaban J connectivity index is 1.37. The summed E-state index contributed by atoms with van der Waals surface area (Å²) in [4.78, 5) is 25.3. The lowest BCUT2D eigenvalue weighted by Gasteiger charge is -2.13. The third kappa shape index (κ3) is 5.64. The Morgan fingerprint density at radius 1 is 1.09 bits per heavy atom. The van der Waals surface area contributed by atoms with E-state index in [0.29, 0.717) is 27.0 Å². The molecule has 0 saturated carbocycles. The Kier molecular flexibility index (Phi) is 7.62. The first-order valence-corrected chi connectivity index (χ1v) is 12.1. The Labute approximate surface area is 213 Å². The summed E-state index contributed by atoms with van der Waals surface area (Å²) < 4.78 is 12.8. The fourth-order valence-electron chi connectivity index (χ4n) is 3.00. The second-order valence-corrected chi connectivity index (χ2v) is 9.41. The summed E-state index contributed by atoms with van der Waals surface area (Å²) in [6, 6.07) is 21.5. The molecule has 0 unspecified atom stereocenters. The number of hydrogen-bond donors (Lipinski definition) is 1. The molecule has 4 aromatic rings. The first-order valence-electron chi connectivity index (χ1n) is 10.2. The molecule has 3 aromatic carbocycles. The van der Waals surface area contributed by atoms with Crippen LogP contribution in [0.15, 0.2) is 82.4 Å². The summed E-state index contributed by atoms with van der Waals surface area (Å²) in [5, 5.41) is 5.17. The largest absolute Gasteiger partial charge is 0.480 e. The van der Waals surface area contributed by atoms with Gasteiger partial charge in [0.1, 0.15) is 16.4 Å². The number of nitrogens with one attached hydrogen (secondary N) is 1. The predicted molar refractivity (Wildman–Crippen MR) is 138 cm³/mol. The number of benzene rings is 3. The van der Waals surface area contributed by atoms with Crippen molar-refractivity contribution in [2.75, 3.05) is 0 Å². The lowest BCUT2D eigenvalue weighted by Crippen LogP contribution is -2.33. The standard InChI is InChI=1S/C25H18BrClN2O4S/c1-15(32-20-11-4-3-10-19(20)26)24(30)29-28-14-16-7-6-8-17(13-16)33-25(31)23-22(27)18-9-2-5-12-21(18)34-23/h2-15H,1H3,(H,29,30)/b28-14-/t15-/m0/s1. The molecule has 0 radical (unpaired) electrons. The lowest BCUT2D eigenvalue weighted by atomic mass is 10.2. The summed E-state index contributed by atoms with van der Waals surface area (Å²) in [5.74, 6) is -0.0533. The van der Waals surface area contributed by atoms with Gasteiger partial charge in [0, 0.05) is 10.1 Å². The molecule has 0 aliphatic heterocycles. The molecule has 0 aliphatic rings. The van der Waals surface area contributed by atoms with Crippen LogP contribution in [0, 0.1) is 0 Å². The Bertz CT molecular complexity index is 1390. The fraction of sp³-hybridized carbons (Fsp3) is 0.0800. The van der Waals surface area contributed by atoms with Crippen LogP contribution in [0.2, 0.25) is 5.02 Å². The van der Waals surface area contributed by atoms with Crippen LogP contribution in [0.5, 0.6) is 11.5 Å². The Morgan fingerprint density at radius 2 is 1.85 bits per heavy atom. The maximum absolute atomic E-state index is 12.7. The van der Waals surface area contributed by atoms with Gasteiger partial charge in [0.2, 0.25) is 0 Å². The van der Waals surface area contributed by atoms with Crippen molar-refractivity contribution < 1.29 is 19.1 Å². The molecule has 1 aromatic heterocycles. The highest BCUT2D eigenvalue weighted by Crippen LogP contribution is 2.35. The molecule has 0 aliphatic carbocycles. The fourth-order valence-corrected chi connectivity index (χ4v) is 4.77. The highest BCUT2D eigenvalue weighted by atomic mass is 79.9. The van der Waals surface area contributed by atoms with Gasteiger partial charge in [0.05, 0.1) is 15.7 Å². The molecule has 172 valence electrons. The van der Waals surface area contributed by atoms with Crippen molar-refractivity contribution in [3.05, 3.63) is 92.7 Å². The number of fused-ring (bicyclic) bond motifs is 1. The minimum absolute atomic E-state index is 0.333. The number of amides is 1. The van der Waals surface area contributed by atoms with Gasteiger partial charge in [-0.3, -0.25) is 4.79 Å². The first kappa shape index (κ1) is 23.9. The van der Waals surface area contributed by atoms with Gasteiger partial charge in [0.25, 0.3) is 5.91 Å². The van der Waals surface area contributed by atoms with E-state index in [1.54, 1.807) is 37.3 Å². The minimum Gasteiger partial charge on any atom is -0.480 e. The zero-order chi connectivity index (χ0) is 24.1. The molecule has 1 heterocycles. The van der Waals surface area contributed by atoms with E-state index in [-0.39, 0.29) is 0 Å². The summed E-state index contributed by atoms with van der Waals surface area (Å²) >= 11 is 11.0. The summed E-state index contributed by atoms with van der Waals surface area (Å²) in [6.45, 7) is 1.63. The number of esters is 1. The van der Waals surface area contributed by atoms with Gasteiger partial charge in [-0.15, -0.1) is 11.3 Å². The molecule has 0 saturated heterocycles. The third-order valence-electron chi connectivity index (χ3n) is 4.69. The maximum atomic E-state index is 12.7. The molecule has 9 heteroatoms. The van der Waals surface area contributed by atoms with Crippen molar-refractivity contribution in [3.63, 3.8) is 0 Å². The second-order valence-electron chi connectivity index (χ2n) is 7.13. The quantitative estimate of drug-likeness (QED) is 0.123. The molecule has 0 spiro atoms. The van der Waals surface area contributed by atoms with E-state index in [1.807, 2.05) is 42.5 Å². The van der Waals surface area contributed by atoms with Crippen LogP contribution in [0.3, 0.4) is 0 Å². The van der Waals surface area contributed by atoms with Gasteiger partial charge in [-0.05, 0) is 58.7 Å². The van der Waals surface area contributed by atoms with Crippen molar-refractivity contribution in [1.82, 2.24) is 5.43 Å². The zero-order valence-electron chi connectivity index (χ0n) is 17.8. The van der Waals surface area contributed by atoms with E-state index in [9.17, 15) is 9.59 Å². The molecule has 1 atom stereocenters. The predicted octanol–water partition coefficient (Wildman–Crippen LogP) is 6.45. The van der Waals surface area contributed by atoms with Crippen molar-refractivity contribution in [2.45, 2.75) is 13.0 Å². The minimum atomic E-state index is -0.755. The van der Waals surface area contributed by atoms with Crippen LogP contribution in [0.4, 0.5) is 0 Å². The van der Waals surface area contributed by atoms with Crippen LogP contribution in [0.25, 0.3) is 10.1 Å². The van der Waals surface area contributed by atoms with Gasteiger partial charge in [-0.25, -0.2) is 10.2 Å². The topological polar surface area (TPSA) is 77.0 Å². The number of thiophene rings is 1. The normalized spacial score (nSPS) is 12.0. The van der Waals surface area contributed by atoms with E-state index in [1.165, 1.54) is 17.6 Å². The smallest absolute Gasteiger partial charge is 0.355 e. The van der Waals surface area contributed by atoms with E-state index in [2.05, 4.69) is 26.5 Å². The molecule has 34 heavy (non-hydrogen) atoms. The maximum Gasteiger partial charge on any atom is 0.355 e. The van der Waals surface area contributed by atoms with Gasteiger partial charge < -0.3 is 9.47 Å². The molecular weight excluding hydrogens is 540 g/mol. The average Bonchev–Trinajstić information content (AvgIpc) is 3.17. The van der Waals surface area contributed by atoms with Gasteiger partial charge in [-0.2, -0.15) is 5.10 Å². The molecule has 1 amide bonds. The van der Waals surface area contributed by atoms with Crippen LogP contribution in [-0.4, -0.2) is 24.2 Å². The SMILES string of the molecule is C[C@H](Oc1ccccc1Br)C(=O)N/N=C\c1cccc(OC(=O)c2sc3ccccc3c2Cl)c1. The van der Waals surface area contributed by atoms with Crippen molar-refractivity contribution >= 4 is 67.0 Å². The van der Waals surface area contributed by atoms with E-state index in [0.717, 1.165) is 14.6 Å². The van der Waals surface area contributed by atoms with Gasteiger partial charge >= 0.3 is 5.97 Å². The molecule has 6 nitrogen and oxygen atoms in total. The number of hydrogen-bond acceptors (Lipinski definition) is 6. The van der Waals surface area contributed by atoms with E-state index in [4.69, 9.17) is 21.1 Å². The summed E-state index contributed by atoms with van der Waals surface area (Å²) in [7, 11) is 0. The number of hydrazone groups is 1. The number of halogens is 2. The lowest BCUT2D eigenvalue weighted by molar-refractivity contribution is -0.127. The zero-order valence-corrected chi connectivity index (χ0v) is 21.0. The van der Waals surface area contributed by atoms with Crippen LogP contribution < -0.4 is 14.9 Å². The monoisotopic (exact) mass is 556 g/mol. The number of rotatable bonds is 7. The number of carbonyl (C=O) groups excluding carboxylic acids is 2. The van der Waals surface area contributed by atoms with Gasteiger partial charge in [-0.1, -0.05) is 54.1 Å². The average molecular weight is 558 g/mol. The van der Waals surface area contributed by atoms with Gasteiger partial charge in [0.15, 0.2) is 6.10 Å². The number of ether oxygens (including phenoxy) is 2. The van der Waals surface area contributed by atoms with Crippen LogP contribution >= 0.6 is 38.9 Å². The van der Waals surface area contributed by atoms with Crippen molar-refractivity contribution in [1.29, 1.82) is 0 Å². The molecule has 1 N–H and O–H groups in total. The molecular formula is C25H18BrClN2O4S. The third-order valence-corrected chi connectivity index (χ3v) is 7.00. The number of para-hydroxylation sites is 1. The summed E-state index contributed by atoms with van der Waals surface area (Å²) in [6.07, 6.45) is 0.696. The van der Waals surface area contributed by atoms with Crippen LogP contribution in [0.1, 0.15) is 22.2 Å². The van der Waals surface area contributed by atoms with Crippen molar-refractivity contribution in [2.24, 2.45) is 5.10 Å². The molecule has 0 fully saturated rings. The van der Waals surface area contributed by atoms with Crippen molar-refractivity contribution in [3.8, 4) is 11.5 Å².